The Morgan fingerprint density at radius 1 is 1.33 bits per heavy atom. The third kappa shape index (κ3) is 4.26. The quantitative estimate of drug-likeness (QED) is 0.367. The Bertz CT molecular complexity index is 663. The highest BCUT2D eigenvalue weighted by molar-refractivity contribution is 7.91. The maximum atomic E-state index is 11.4. The lowest BCUT2D eigenvalue weighted by atomic mass is 10.2. The fraction of sp³-hybridized carbons (Fsp3) is 0.364. The van der Waals surface area contributed by atoms with Crippen LogP contribution in [0, 0.1) is 10.1 Å². The summed E-state index contributed by atoms with van der Waals surface area (Å²) in [5.41, 5.74) is 0.534. The first kappa shape index (κ1) is 15.9. The van der Waals surface area contributed by atoms with Gasteiger partial charge in [-0.3, -0.25) is 10.1 Å². The van der Waals surface area contributed by atoms with E-state index in [-0.39, 0.29) is 22.3 Å². The van der Waals surface area contributed by atoms with E-state index in [0.717, 1.165) is 0 Å². The van der Waals surface area contributed by atoms with Crippen LogP contribution in [0.1, 0.15) is 0 Å². The Hall–Kier alpha value is -1.45. The molecule has 1 fully saturated rings. The number of benzene rings is 1. The maximum absolute atomic E-state index is 11.4. The van der Waals surface area contributed by atoms with E-state index in [4.69, 9.17) is 23.8 Å². The molecule has 0 aliphatic carbocycles. The first-order chi connectivity index (χ1) is 9.77. The van der Waals surface area contributed by atoms with Crippen LogP contribution in [0.15, 0.2) is 24.3 Å². The van der Waals surface area contributed by atoms with Crippen molar-refractivity contribution in [1.82, 2.24) is 5.32 Å². The van der Waals surface area contributed by atoms with Gasteiger partial charge in [0, 0.05) is 17.8 Å². The number of rotatable bonds is 3. The predicted molar refractivity (Wildman–Crippen MR) is 84.5 cm³/mol. The molecule has 0 saturated carbocycles. The highest BCUT2D eigenvalue weighted by Crippen LogP contribution is 2.19. The fourth-order valence-corrected chi connectivity index (χ4v) is 4.76. The highest BCUT2D eigenvalue weighted by Gasteiger charge is 2.36. The molecule has 2 rings (SSSR count). The van der Waals surface area contributed by atoms with Gasteiger partial charge in [-0.05, 0) is 24.4 Å². The number of nitro groups is 1. The van der Waals surface area contributed by atoms with Gasteiger partial charge in [-0.1, -0.05) is 0 Å². The number of thiocarbonyl (C=S) groups is 1. The molecule has 1 aromatic carbocycles. The molecule has 1 saturated heterocycles. The van der Waals surface area contributed by atoms with Crippen LogP contribution in [0.5, 0.6) is 0 Å². The van der Waals surface area contributed by atoms with Crippen molar-refractivity contribution in [1.29, 1.82) is 0 Å². The highest BCUT2D eigenvalue weighted by atomic mass is 35.5. The number of non-ortho nitro benzene ring substituents is 1. The van der Waals surface area contributed by atoms with Crippen LogP contribution in [0.2, 0.25) is 0 Å². The minimum Gasteiger partial charge on any atom is -0.357 e. The molecule has 114 valence electrons. The average Bonchev–Trinajstić information content (AvgIpc) is 2.62. The van der Waals surface area contributed by atoms with Gasteiger partial charge in [0.05, 0.1) is 27.8 Å². The van der Waals surface area contributed by atoms with E-state index in [9.17, 15) is 18.5 Å². The molecule has 1 heterocycles. The zero-order valence-corrected chi connectivity index (χ0v) is 13.0. The van der Waals surface area contributed by atoms with E-state index < -0.39 is 26.2 Å². The minimum atomic E-state index is -3.14. The summed E-state index contributed by atoms with van der Waals surface area (Å²) in [7, 11) is -3.14. The van der Waals surface area contributed by atoms with Crippen molar-refractivity contribution < 1.29 is 13.3 Å². The summed E-state index contributed by atoms with van der Waals surface area (Å²) >= 11 is 11.0. The van der Waals surface area contributed by atoms with E-state index in [1.165, 1.54) is 24.3 Å². The van der Waals surface area contributed by atoms with Crippen molar-refractivity contribution in [2.75, 3.05) is 16.8 Å². The third-order valence-corrected chi connectivity index (χ3v) is 5.53. The molecular formula is C11H12ClN3O4S2. The van der Waals surface area contributed by atoms with Crippen LogP contribution >= 0.6 is 23.8 Å². The third-order valence-electron chi connectivity index (χ3n) is 2.94. The molecule has 1 aliphatic heterocycles. The smallest absolute Gasteiger partial charge is 0.269 e. The summed E-state index contributed by atoms with van der Waals surface area (Å²) in [5, 5.41) is 15.9. The van der Waals surface area contributed by atoms with Crippen molar-refractivity contribution in [3.63, 3.8) is 0 Å². The average molecular weight is 350 g/mol. The standard InChI is InChI=1S/C11H12ClN3O4S2/c12-9-5-21(18,19)6-10(9)14-11(20)13-7-1-3-8(4-2-7)15(16)17/h1-4,9-10H,5-6H2,(H2,13,14,20)/t9-,10-/m0/s1. The zero-order valence-electron chi connectivity index (χ0n) is 10.7. The van der Waals surface area contributed by atoms with E-state index in [1.54, 1.807) is 0 Å². The normalized spacial score (nSPS) is 23.5. The number of hydrogen-bond donors (Lipinski definition) is 2. The van der Waals surface area contributed by atoms with Crippen LogP contribution in [-0.4, -0.2) is 41.4 Å². The van der Waals surface area contributed by atoms with Crippen molar-refractivity contribution in [2.45, 2.75) is 11.4 Å². The Morgan fingerprint density at radius 2 is 1.95 bits per heavy atom. The summed E-state index contributed by atoms with van der Waals surface area (Å²) < 4.78 is 22.9. The molecule has 1 aromatic rings. The lowest BCUT2D eigenvalue weighted by Crippen LogP contribution is -2.42. The molecule has 10 heteroatoms. The predicted octanol–water partition coefficient (Wildman–Crippen LogP) is 1.29. The zero-order chi connectivity index (χ0) is 15.6. The van der Waals surface area contributed by atoms with Gasteiger partial charge in [-0.15, -0.1) is 11.6 Å². The molecule has 0 radical (unpaired) electrons. The van der Waals surface area contributed by atoms with E-state index in [1.807, 2.05) is 0 Å². The van der Waals surface area contributed by atoms with Gasteiger partial charge < -0.3 is 10.6 Å². The number of nitro benzene ring substituents is 1. The second kappa shape index (κ2) is 6.12. The topological polar surface area (TPSA) is 101 Å². The van der Waals surface area contributed by atoms with Gasteiger partial charge in [0.1, 0.15) is 0 Å². The van der Waals surface area contributed by atoms with Crippen LogP contribution in [-0.2, 0) is 9.84 Å². The molecule has 0 amide bonds. The van der Waals surface area contributed by atoms with Gasteiger partial charge in [-0.25, -0.2) is 8.42 Å². The van der Waals surface area contributed by atoms with Gasteiger partial charge in [0.2, 0.25) is 0 Å². The number of sulfone groups is 1. The molecule has 2 N–H and O–H groups in total. The van der Waals surface area contributed by atoms with Crippen molar-refractivity contribution in [3.8, 4) is 0 Å². The molecule has 21 heavy (non-hydrogen) atoms. The number of nitrogens with one attached hydrogen (secondary N) is 2. The fourth-order valence-electron chi connectivity index (χ4n) is 1.94. The Morgan fingerprint density at radius 3 is 2.43 bits per heavy atom. The molecule has 0 aromatic heterocycles. The number of halogens is 1. The molecule has 0 spiro atoms. The van der Waals surface area contributed by atoms with Crippen molar-refractivity contribution >= 4 is 50.1 Å². The lowest BCUT2D eigenvalue weighted by Gasteiger charge is -2.17. The summed E-state index contributed by atoms with van der Waals surface area (Å²) in [5.74, 6) is -0.143. The van der Waals surface area contributed by atoms with E-state index in [0.29, 0.717) is 5.69 Å². The largest absolute Gasteiger partial charge is 0.357 e. The minimum absolute atomic E-state index is 0.0258. The second-order valence-corrected chi connectivity index (χ2v) is 7.72. The van der Waals surface area contributed by atoms with E-state index >= 15 is 0 Å². The molecule has 1 aliphatic rings. The summed E-state index contributed by atoms with van der Waals surface area (Å²) in [6.45, 7) is 0. The van der Waals surface area contributed by atoms with Crippen LogP contribution in [0.4, 0.5) is 11.4 Å². The van der Waals surface area contributed by atoms with Gasteiger partial charge in [-0.2, -0.15) is 0 Å². The monoisotopic (exact) mass is 349 g/mol. The summed E-state index contributed by atoms with van der Waals surface area (Å²) in [4.78, 5) is 10.0. The van der Waals surface area contributed by atoms with Crippen molar-refractivity contribution in [2.24, 2.45) is 0 Å². The Labute approximate surface area is 131 Å². The van der Waals surface area contributed by atoms with Crippen LogP contribution in [0.25, 0.3) is 0 Å². The summed E-state index contributed by atoms with van der Waals surface area (Å²) in [6, 6.07) is 5.26. The number of hydrogen-bond acceptors (Lipinski definition) is 5. The van der Waals surface area contributed by atoms with E-state index in [2.05, 4.69) is 10.6 Å². The number of anilines is 1. The van der Waals surface area contributed by atoms with Gasteiger partial charge in [0.25, 0.3) is 5.69 Å². The van der Waals surface area contributed by atoms with Crippen LogP contribution in [0.3, 0.4) is 0 Å². The second-order valence-electron chi connectivity index (χ2n) is 4.60. The molecule has 0 unspecified atom stereocenters. The SMILES string of the molecule is O=[N+]([O-])c1ccc(NC(=S)N[C@H]2CS(=O)(=O)C[C@@H]2Cl)cc1. The Balaban J connectivity index is 1.94. The van der Waals surface area contributed by atoms with Gasteiger partial charge in [0.15, 0.2) is 14.9 Å². The first-order valence-corrected chi connectivity index (χ1v) is 8.60. The molecular weight excluding hydrogens is 338 g/mol. The lowest BCUT2D eigenvalue weighted by molar-refractivity contribution is -0.384. The van der Waals surface area contributed by atoms with Gasteiger partial charge >= 0.3 is 0 Å². The summed E-state index contributed by atoms with van der Waals surface area (Å²) in [6.07, 6.45) is 0. The maximum Gasteiger partial charge on any atom is 0.269 e. The van der Waals surface area contributed by atoms with Crippen molar-refractivity contribution in [3.05, 3.63) is 34.4 Å². The Kier molecular flexibility index (Phi) is 4.64. The molecule has 7 nitrogen and oxygen atoms in total. The molecule has 0 bridgehead atoms. The number of alkyl halides is 1. The first-order valence-electron chi connectivity index (χ1n) is 5.93. The van der Waals surface area contributed by atoms with Crippen LogP contribution < -0.4 is 10.6 Å². The number of nitrogens with zero attached hydrogens (tertiary/aromatic N) is 1. The molecule has 2 atom stereocenters.